The number of carbonyl (C=O) groups is 1. The van der Waals surface area contributed by atoms with Gasteiger partial charge in [0, 0.05) is 17.5 Å². The minimum atomic E-state index is 0.0865. The third-order valence-electron chi connectivity index (χ3n) is 4.47. The fraction of sp³-hybridized carbons (Fsp3) is 0.421. The van der Waals surface area contributed by atoms with Crippen LogP contribution in [0.4, 0.5) is 0 Å². The van der Waals surface area contributed by atoms with Crippen LogP contribution in [0.3, 0.4) is 0 Å². The molecule has 2 aromatic rings. The van der Waals surface area contributed by atoms with Crippen LogP contribution in [0.1, 0.15) is 18.6 Å². The third-order valence-corrected chi connectivity index (χ3v) is 4.72. The number of hydrogen-bond donors (Lipinski definition) is 1. The van der Waals surface area contributed by atoms with Crippen LogP contribution < -0.4 is 10.1 Å². The van der Waals surface area contributed by atoms with Crippen molar-refractivity contribution >= 4 is 17.5 Å². The van der Waals surface area contributed by atoms with Crippen LogP contribution in [0.2, 0.25) is 5.02 Å². The Bertz CT molecular complexity index is 650. The Labute approximate surface area is 152 Å². The van der Waals surface area contributed by atoms with Gasteiger partial charge >= 0.3 is 0 Å². The van der Waals surface area contributed by atoms with Crippen molar-refractivity contribution in [2.24, 2.45) is 5.92 Å². The first-order valence-electron chi connectivity index (χ1n) is 8.61. The summed E-state index contributed by atoms with van der Waals surface area (Å²) in [5.41, 5.74) is 0. The molecule has 1 saturated heterocycles. The van der Waals surface area contributed by atoms with E-state index in [4.69, 9.17) is 20.8 Å². The first-order chi connectivity index (χ1) is 12.2. The summed E-state index contributed by atoms with van der Waals surface area (Å²) < 4.78 is 11.0. The first-order valence-corrected chi connectivity index (χ1v) is 8.99. The Kier molecular flexibility index (Phi) is 6.36. The zero-order valence-corrected chi connectivity index (χ0v) is 14.9. The van der Waals surface area contributed by atoms with Crippen LogP contribution >= 0.6 is 11.6 Å². The van der Waals surface area contributed by atoms with E-state index in [1.807, 2.05) is 36.4 Å². The summed E-state index contributed by atoms with van der Waals surface area (Å²) in [4.78, 5) is 14.6. The van der Waals surface area contributed by atoms with Crippen molar-refractivity contribution in [2.75, 3.05) is 26.2 Å². The zero-order chi connectivity index (χ0) is 17.5. The minimum absolute atomic E-state index is 0.0865. The van der Waals surface area contributed by atoms with Gasteiger partial charge in [-0.05, 0) is 62.3 Å². The maximum Gasteiger partial charge on any atom is 0.223 e. The molecule has 2 heterocycles. The molecule has 1 aliphatic heterocycles. The van der Waals surface area contributed by atoms with E-state index < -0.39 is 0 Å². The number of furan rings is 1. The molecule has 1 aliphatic rings. The lowest BCUT2D eigenvalue weighted by molar-refractivity contribution is -0.126. The number of rotatable bonds is 7. The number of nitrogens with zero attached hydrogens (tertiary/aromatic N) is 1. The topological polar surface area (TPSA) is 54.7 Å². The predicted molar refractivity (Wildman–Crippen MR) is 96.7 cm³/mol. The molecule has 1 fully saturated rings. The van der Waals surface area contributed by atoms with Gasteiger partial charge in [-0.25, -0.2) is 0 Å². The van der Waals surface area contributed by atoms with Gasteiger partial charge in [0.25, 0.3) is 0 Å². The molecule has 25 heavy (non-hydrogen) atoms. The van der Waals surface area contributed by atoms with Gasteiger partial charge in [0.2, 0.25) is 5.91 Å². The number of likely N-dealkylation sites (tertiary alicyclic amines) is 1. The van der Waals surface area contributed by atoms with E-state index in [9.17, 15) is 4.79 Å². The lowest BCUT2D eigenvalue weighted by atomic mass is 9.96. The van der Waals surface area contributed by atoms with Gasteiger partial charge in [0.05, 0.1) is 12.8 Å². The summed E-state index contributed by atoms with van der Waals surface area (Å²) in [6, 6.07) is 11.1. The van der Waals surface area contributed by atoms with Crippen LogP contribution in [0, 0.1) is 5.92 Å². The highest BCUT2D eigenvalue weighted by atomic mass is 35.5. The minimum Gasteiger partial charge on any atom is -0.492 e. The molecule has 0 unspecified atom stereocenters. The fourth-order valence-corrected chi connectivity index (χ4v) is 3.10. The standard InChI is InChI=1S/C19H23ClN2O3/c20-16-3-5-17(6-4-16)25-13-11-22-9-7-15(8-10-22)19(23)21-14-18-2-1-12-24-18/h1-6,12,15H,7-11,13-14H2,(H,21,23). The average molecular weight is 363 g/mol. The Morgan fingerprint density at radius 3 is 2.68 bits per heavy atom. The fourth-order valence-electron chi connectivity index (χ4n) is 2.97. The van der Waals surface area contributed by atoms with Gasteiger partial charge < -0.3 is 14.5 Å². The van der Waals surface area contributed by atoms with Crippen LogP contribution in [-0.4, -0.2) is 37.0 Å². The monoisotopic (exact) mass is 362 g/mol. The van der Waals surface area contributed by atoms with E-state index >= 15 is 0 Å². The summed E-state index contributed by atoms with van der Waals surface area (Å²) in [6.45, 7) is 3.80. The van der Waals surface area contributed by atoms with Crippen molar-refractivity contribution in [1.82, 2.24) is 10.2 Å². The van der Waals surface area contributed by atoms with E-state index in [2.05, 4.69) is 10.2 Å². The smallest absolute Gasteiger partial charge is 0.223 e. The van der Waals surface area contributed by atoms with Crippen molar-refractivity contribution in [3.05, 3.63) is 53.4 Å². The van der Waals surface area contributed by atoms with E-state index in [-0.39, 0.29) is 11.8 Å². The number of piperidine rings is 1. The van der Waals surface area contributed by atoms with Crippen molar-refractivity contribution in [2.45, 2.75) is 19.4 Å². The van der Waals surface area contributed by atoms with Gasteiger partial charge in [-0.15, -0.1) is 0 Å². The number of halogens is 1. The van der Waals surface area contributed by atoms with Crippen molar-refractivity contribution < 1.29 is 13.9 Å². The number of carbonyl (C=O) groups excluding carboxylic acids is 1. The second-order valence-corrected chi connectivity index (χ2v) is 6.65. The summed E-state index contributed by atoms with van der Waals surface area (Å²) >= 11 is 5.86. The second kappa shape index (κ2) is 8.92. The first kappa shape index (κ1) is 17.8. The molecule has 0 bridgehead atoms. The average Bonchev–Trinajstić information content (AvgIpc) is 3.15. The zero-order valence-electron chi connectivity index (χ0n) is 14.1. The van der Waals surface area contributed by atoms with E-state index in [1.54, 1.807) is 6.26 Å². The molecule has 5 nitrogen and oxygen atoms in total. The maximum absolute atomic E-state index is 12.2. The quantitative estimate of drug-likeness (QED) is 0.820. The second-order valence-electron chi connectivity index (χ2n) is 6.22. The van der Waals surface area contributed by atoms with E-state index in [0.717, 1.165) is 44.0 Å². The van der Waals surface area contributed by atoms with Crippen molar-refractivity contribution in [1.29, 1.82) is 0 Å². The SMILES string of the molecule is O=C(NCc1ccco1)C1CCN(CCOc2ccc(Cl)cc2)CC1. The van der Waals surface area contributed by atoms with Crippen LogP contribution in [0.15, 0.2) is 47.1 Å². The highest BCUT2D eigenvalue weighted by molar-refractivity contribution is 6.30. The molecular weight excluding hydrogens is 340 g/mol. The highest BCUT2D eigenvalue weighted by Gasteiger charge is 2.24. The van der Waals surface area contributed by atoms with Crippen LogP contribution in [0.25, 0.3) is 0 Å². The van der Waals surface area contributed by atoms with Crippen LogP contribution in [0.5, 0.6) is 5.75 Å². The normalized spacial score (nSPS) is 15.9. The number of amides is 1. The van der Waals surface area contributed by atoms with Crippen molar-refractivity contribution in [3.63, 3.8) is 0 Å². The molecule has 0 aliphatic carbocycles. The molecule has 6 heteroatoms. The summed E-state index contributed by atoms with van der Waals surface area (Å²) in [5.74, 6) is 1.82. The van der Waals surface area contributed by atoms with E-state index in [1.165, 1.54) is 0 Å². The van der Waals surface area contributed by atoms with Crippen molar-refractivity contribution in [3.8, 4) is 5.75 Å². The van der Waals surface area contributed by atoms with Crippen LogP contribution in [-0.2, 0) is 11.3 Å². The Balaban J connectivity index is 1.32. The summed E-state index contributed by atoms with van der Waals surface area (Å²) in [6.07, 6.45) is 3.38. The summed E-state index contributed by atoms with van der Waals surface area (Å²) in [7, 11) is 0. The number of ether oxygens (including phenoxy) is 1. The molecule has 1 amide bonds. The molecule has 0 spiro atoms. The molecule has 1 N–H and O–H groups in total. The lowest BCUT2D eigenvalue weighted by Crippen LogP contribution is -2.41. The molecule has 0 saturated carbocycles. The Morgan fingerprint density at radius 2 is 2.00 bits per heavy atom. The molecule has 3 rings (SSSR count). The van der Waals surface area contributed by atoms with E-state index in [0.29, 0.717) is 18.2 Å². The number of nitrogens with one attached hydrogen (secondary N) is 1. The highest BCUT2D eigenvalue weighted by Crippen LogP contribution is 2.18. The molecule has 0 radical (unpaired) electrons. The van der Waals surface area contributed by atoms with Gasteiger partial charge in [-0.2, -0.15) is 0 Å². The molecular formula is C19H23ClN2O3. The molecule has 0 atom stereocenters. The molecule has 134 valence electrons. The summed E-state index contributed by atoms with van der Waals surface area (Å²) in [5, 5.41) is 3.66. The Morgan fingerprint density at radius 1 is 1.24 bits per heavy atom. The Hall–Kier alpha value is -1.98. The van der Waals surface area contributed by atoms with Gasteiger partial charge in [0.1, 0.15) is 18.1 Å². The van der Waals surface area contributed by atoms with Gasteiger partial charge in [-0.1, -0.05) is 11.6 Å². The molecule has 1 aromatic carbocycles. The number of hydrogen-bond acceptors (Lipinski definition) is 4. The lowest BCUT2D eigenvalue weighted by Gasteiger charge is -2.31. The third kappa shape index (κ3) is 5.51. The van der Waals surface area contributed by atoms with Gasteiger partial charge in [0.15, 0.2) is 0 Å². The maximum atomic E-state index is 12.2. The van der Waals surface area contributed by atoms with Gasteiger partial charge in [-0.3, -0.25) is 9.69 Å². The number of benzene rings is 1. The predicted octanol–water partition coefficient (Wildman–Crippen LogP) is 3.34. The largest absolute Gasteiger partial charge is 0.492 e. The molecule has 1 aromatic heterocycles.